The van der Waals surface area contributed by atoms with Gasteiger partial charge in [0, 0.05) is 32.7 Å². The SMILES string of the molecule is Cc1ccccc1CN(C)C(=O)CN(C)C1CNC1.Cl. The van der Waals surface area contributed by atoms with Gasteiger partial charge in [0.05, 0.1) is 6.54 Å². The Bertz CT molecular complexity index is 448. The van der Waals surface area contributed by atoms with E-state index in [0.29, 0.717) is 19.1 Å². The molecule has 0 unspecified atom stereocenters. The van der Waals surface area contributed by atoms with E-state index in [1.807, 2.05) is 31.1 Å². The molecular formula is C15H24ClN3O. The lowest BCUT2D eigenvalue weighted by molar-refractivity contribution is -0.132. The molecule has 0 aromatic heterocycles. The van der Waals surface area contributed by atoms with E-state index in [0.717, 1.165) is 13.1 Å². The first-order valence-corrected chi connectivity index (χ1v) is 6.77. The van der Waals surface area contributed by atoms with Crippen LogP contribution in [0.1, 0.15) is 11.1 Å². The molecule has 2 rings (SSSR count). The van der Waals surface area contributed by atoms with Gasteiger partial charge in [0.1, 0.15) is 0 Å². The van der Waals surface area contributed by atoms with Crippen LogP contribution in [0.2, 0.25) is 0 Å². The highest BCUT2D eigenvalue weighted by Crippen LogP contribution is 2.10. The molecule has 1 amide bonds. The van der Waals surface area contributed by atoms with Crippen LogP contribution in [0.25, 0.3) is 0 Å². The minimum Gasteiger partial charge on any atom is -0.340 e. The lowest BCUT2D eigenvalue weighted by atomic mass is 10.1. The van der Waals surface area contributed by atoms with Crippen LogP contribution < -0.4 is 5.32 Å². The standard InChI is InChI=1S/C15H23N3O.ClH/c1-12-6-4-5-7-13(12)10-18(3)15(19)11-17(2)14-8-16-9-14;/h4-7,14,16H,8-11H2,1-3H3;1H. The van der Waals surface area contributed by atoms with Gasteiger partial charge in [-0.25, -0.2) is 0 Å². The van der Waals surface area contributed by atoms with Crippen molar-refractivity contribution in [3.63, 3.8) is 0 Å². The summed E-state index contributed by atoms with van der Waals surface area (Å²) in [6.45, 7) is 5.24. The van der Waals surface area contributed by atoms with E-state index >= 15 is 0 Å². The van der Waals surface area contributed by atoms with E-state index in [-0.39, 0.29) is 18.3 Å². The predicted octanol–water partition coefficient (Wildman–Crippen LogP) is 1.28. The van der Waals surface area contributed by atoms with E-state index in [4.69, 9.17) is 0 Å². The number of amides is 1. The Kier molecular flexibility index (Phi) is 6.46. The van der Waals surface area contributed by atoms with Gasteiger partial charge in [0.25, 0.3) is 0 Å². The Hall–Kier alpha value is -1.10. The number of halogens is 1. The molecule has 1 aromatic rings. The second kappa shape index (κ2) is 7.62. The van der Waals surface area contributed by atoms with Crippen molar-refractivity contribution in [3.8, 4) is 0 Å². The minimum atomic E-state index is 0. The molecule has 0 bridgehead atoms. The van der Waals surface area contributed by atoms with Crippen LogP contribution in [-0.4, -0.2) is 55.5 Å². The molecule has 1 aromatic carbocycles. The average Bonchev–Trinajstić information content (AvgIpc) is 2.29. The summed E-state index contributed by atoms with van der Waals surface area (Å²) in [5.74, 6) is 0.178. The number of hydrogen-bond donors (Lipinski definition) is 1. The highest BCUT2D eigenvalue weighted by molar-refractivity contribution is 5.85. The minimum absolute atomic E-state index is 0. The van der Waals surface area contributed by atoms with E-state index in [1.54, 1.807) is 0 Å². The molecule has 1 heterocycles. The molecule has 1 saturated heterocycles. The normalized spacial score (nSPS) is 14.6. The molecule has 0 atom stereocenters. The zero-order valence-corrected chi connectivity index (χ0v) is 13.2. The first-order valence-electron chi connectivity index (χ1n) is 6.77. The molecule has 0 aliphatic carbocycles. The van der Waals surface area contributed by atoms with E-state index < -0.39 is 0 Å². The zero-order valence-electron chi connectivity index (χ0n) is 12.4. The molecule has 1 fully saturated rings. The predicted molar refractivity (Wildman–Crippen MR) is 84.2 cm³/mol. The van der Waals surface area contributed by atoms with Gasteiger partial charge in [0.15, 0.2) is 0 Å². The highest BCUT2D eigenvalue weighted by Gasteiger charge is 2.24. The molecule has 1 N–H and O–H groups in total. The molecule has 20 heavy (non-hydrogen) atoms. The van der Waals surface area contributed by atoms with Crippen molar-refractivity contribution in [1.29, 1.82) is 0 Å². The summed E-state index contributed by atoms with van der Waals surface area (Å²) in [6, 6.07) is 8.72. The van der Waals surface area contributed by atoms with Crippen molar-refractivity contribution in [3.05, 3.63) is 35.4 Å². The summed E-state index contributed by atoms with van der Waals surface area (Å²) >= 11 is 0. The number of benzene rings is 1. The lowest BCUT2D eigenvalue weighted by Crippen LogP contribution is -2.57. The second-order valence-electron chi connectivity index (χ2n) is 5.40. The highest BCUT2D eigenvalue weighted by atomic mass is 35.5. The maximum atomic E-state index is 12.2. The summed E-state index contributed by atoms with van der Waals surface area (Å²) in [5, 5.41) is 3.23. The second-order valence-corrected chi connectivity index (χ2v) is 5.40. The quantitative estimate of drug-likeness (QED) is 0.889. The third-order valence-corrected chi connectivity index (χ3v) is 3.86. The van der Waals surface area contributed by atoms with Crippen LogP contribution in [0.4, 0.5) is 0 Å². The van der Waals surface area contributed by atoms with Gasteiger partial charge in [0.2, 0.25) is 5.91 Å². The third-order valence-electron chi connectivity index (χ3n) is 3.86. The molecule has 0 spiro atoms. The summed E-state index contributed by atoms with van der Waals surface area (Å²) in [6.07, 6.45) is 0. The fourth-order valence-electron chi connectivity index (χ4n) is 2.18. The number of nitrogens with zero attached hydrogens (tertiary/aromatic N) is 2. The third kappa shape index (κ3) is 4.20. The van der Waals surface area contributed by atoms with Crippen LogP contribution >= 0.6 is 12.4 Å². The van der Waals surface area contributed by atoms with Gasteiger partial charge in [-0.1, -0.05) is 24.3 Å². The molecule has 0 radical (unpaired) electrons. The number of aryl methyl sites for hydroxylation is 1. The number of carbonyl (C=O) groups is 1. The van der Waals surface area contributed by atoms with Crippen LogP contribution in [0, 0.1) is 6.92 Å². The first kappa shape index (κ1) is 17.0. The van der Waals surface area contributed by atoms with Crippen molar-refractivity contribution in [2.24, 2.45) is 0 Å². The monoisotopic (exact) mass is 297 g/mol. The van der Waals surface area contributed by atoms with Crippen molar-refractivity contribution in [2.45, 2.75) is 19.5 Å². The van der Waals surface area contributed by atoms with Crippen molar-refractivity contribution >= 4 is 18.3 Å². The number of nitrogens with one attached hydrogen (secondary N) is 1. The molecule has 1 aliphatic heterocycles. The van der Waals surface area contributed by atoms with E-state index in [9.17, 15) is 4.79 Å². The van der Waals surface area contributed by atoms with Gasteiger partial charge in [-0.3, -0.25) is 9.69 Å². The molecule has 4 nitrogen and oxygen atoms in total. The summed E-state index contributed by atoms with van der Waals surface area (Å²) in [5.41, 5.74) is 2.45. The number of hydrogen-bond acceptors (Lipinski definition) is 3. The molecule has 0 saturated carbocycles. The Morgan fingerprint density at radius 2 is 1.95 bits per heavy atom. The fraction of sp³-hybridized carbons (Fsp3) is 0.533. The average molecular weight is 298 g/mol. The van der Waals surface area contributed by atoms with Gasteiger partial charge >= 0.3 is 0 Å². The lowest BCUT2D eigenvalue weighted by Gasteiger charge is -2.35. The van der Waals surface area contributed by atoms with Crippen molar-refractivity contribution in [1.82, 2.24) is 15.1 Å². The van der Waals surface area contributed by atoms with Crippen LogP contribution in [0.5, 0.6) is 0 Å². The van der Waals surface area contributed by atoms with E-state index in [1.165, 1.54) is 11.1 Å². The number of rotatable bonds is 5. The maximum Gasteiger partial charge on any atom is 0.236 e. The summed E-state index contributed by atoms with van der Waals surface area (Å²) in [4.78, 5) is 16.1. The van der Waals surface area contributed by atoms with Crippen LogP contribution in [-0.2, 0) is 11.3 Å². The zero-order chi connectivity index (χ0) is 13.8. The smallest absolute Gasteiger partial charge is 0.236 e. The Morgan fingerprint density at radius 1 is 1.30 bits per heavy atom. The fourth-order valence-corrected chi connectivity index (χ4v) is 2.18. The van der Waals surface area contributed by atoms with Crippen molar-refractivity contribution in [2.75, 3.05) is 33.7 Å². The summed E-state index contributed by atoms with van der Waals surface area (Å²) in [7, 11) is 3.90. The van der Waals surface area contributed by atoms with Gasteiger partial charge in [-0.2, -0.15) is 0 Å². The van der Waals surface area contributed by atoms with Gasteiger partial charge < -0.3 is 10.2 Å². The Morgan fingerprint density at radius 3 is 2.50 bits per heavy atom. The number of likely N-dealkylation sites (N-methyl/N-ethyl adjacent to an activating group) is 2. The summed E-state index contributed by atoms with van der Waals surface area (Å²) < 4.78 is 0. The first-order chi connectivity index (χ1) is 9.08. The van der Waals surface area contributed by atoms with Crippen LogP contribution in [0.15, 0.2) is 24.3 Å². The van der Waals surface area contributed by atoms with Gasteiger partial charge in [-0.05, 0) is 25.1 Å². The van der Waals surface area contributed by atoms with Crippen LogP contribution in [0.3, 0.4) is 0 Å². The molecular weight excluding hydrogens is 274 g/mol. The largest absolute Gasteiger partial charge is 0.340 e. The topological polar surface area (TPSA) is 35.6 Å². The number of carbonyl (C=O) groups excluding carboxylic acids is 1. The van der Waals surface area contributed by atoms with E-state index in [2.05, 4.69) is 29.3 Å². The molecule has 112 valence electrons. The van der Waals surface area contributed by atoms with Crippen molar-refractivity contribution < 1.29 is 4.79 Å². The van der Waals surface area contributed by atoms with Gasteiger partial charge in [-0.15, -0.1) is 12.4 Å². The Balaban J connectivity index is 0.00000200. The maximum absolute atomic E-state index is 12.2. The Labute approximate surface area is 127 Å². The molecule has 1 aliphatic rings. The molecule has 5 heteroatoms.